The first-order chi connectivity index (χ1) is 10.7. The van der Waals surface area contributed by atoms with Crippen LogP contribution in [0, 0.1) is 12.7 Å². The third kappa shape index (κ3) is 6.99. The summed E-state index contributed by atoms with van der Waals surface area (Å²) in [6.07, 6.45) is 0. The molecule has 0 saturated heterocycles. The Labute approximate surface area is 154 Å². The predicted octanol–water partition coefficient (Wildman–Crippen LogP) is 4.01. The van der Waals surface area contributed by atoms with Crippen molar-refractivity contribution < 1.29 is 4.39 Å². The van der Waals surface area contributed by atoms with Crippen LogP contribution in [-0.4, -0.2) is 12.5 Å². The Bertz CT molecular complexity index is 626. The predicted molar refractivity (Wildman–Crippen MR) is 105 cm³/mol. The molecule has 0 aliphatic carbocycles. The van der Waals surface area contributed by atoms with E-state index in [4.69, 9.17) is 0 Å². The number of hydrogen-bond donors (Lipinski definition) is 2. The molecule has 0 saturated carbocycles. The fourth-order valence-electron chi connectivity index (χ4n) is 2.11. The van der Waals surface area contributed by atoms with Crippen molar-refractivity contribution >= 4 is 29.9 Å². The average molecular weight is 427 g/mol. The number of nitrogens with zero attached hydrogens (tertiary/aromatic N) is 1. The Kier molecular flexibility index (Phi) is 8.61. The third-order valence-electron chi connectivity index (χ3n) is 3.22. The molecular weight excluding hydrogens is 404 g/mol. The van der Waals surface area contributed by atoms with E-state index in [0.29, 0.717) is 13.1 Å². The summed E-state index contributed by atoms with van der Waals surface area (Å²) in [7, 11) is 0. The Morgan fingerprint density at radius 1 is 1.04 bits per heavy atom. The maximum atomic E-state index is 12.9. The fraction of sp³-hybridized carbons (Fsp3) is 0.278. The lowest BCUT2D eigenvalue weighted by Crippen LogP contribution is -2.36. The molecular formula is C18H23FIN3. The first kappa shape index (κ1) is 19.4. The summed E-state index contributed by atoms with van der Waals surface area (Å²) in [5.74, 6) is 0.539. The van der Waals surface area contributed by atoms with Gasteiger partial charge in [0, 0.05) is 13.1 Å². The molecule has 23 heavy (non-hydrogen) atoms. The first-order valence-corrected chi connectivity index (χ1v) is 7.49. The second-order valence-electron chi connectivity index (χ2n) is 5.16. The SMILES string of the molecule is CCNC(=NCc1cccc(C)c1)NCc1ccc(F)cc1.I. The second-order valence-corrected chi connectivity index (χ2v) is 5.16. The molecule has 0 bridgehead atoms. The number of aryl methyl sites for hydroxylation is 1. The van der Waals surface area contributed by atoms with Crippen molar-refractivity contribution in [2.45, 2.75) is 26.9 Å². The number of guanidine groups is 1. The van der Waals surface area contributed by atoms with Crippen LogP contribution in [0.5, 0.6) is 0 Å². The van der Waals surface area contributed by atoms with Gasteiger partial charge in [-0.3, -0.25) is 0 Å². The molecule has 2 rings (SSSR count). The van der Waals surface area contributed by atoms with Gasteiger partial charge in [-0.1, -0.05) is 42.0 Å². The molecule has 0 spiro atoms. The highest BCUT2D eigenvalue weighted by Gasteiger charge is 1.99. The molecule has 2 aromatic rings. The lowest BCUT2D eigenvalue weighted by molar-refractivity contribution is 0.626. The summed E-state index contributed by atoms with van der Waals surface area (Å²) in [5, 5.41) is 6.47. The van der Waals surface area contributed by atoms with Crippen LogP contribution in [-0.2, 0) is 13.1 Å². The molecule has 0 aliphatic rings. The zero-order valence-electron chi connectivity index (χ0n) is 13.5. The van der Waals surface area contributed by atoms with Crippen LogP contribution in [0.1, 0.15) is 23.6 Å². The van der Waals surface area contributed by atoms with Crippen molar-refractivity contribution in [3.05, 3.63) is 71.0 Å². The van der Waals surface area contributed by atoms with E-state index in [1.807, 2.05) is 13.0 Å². The maximum Gasteiger partial charge on any atom is 0.191 e. The minimum atomic E-state index is -0.219. The lowest BCUT2D eigenvalue weighted by atomic mass is 10.1. The van der Waals surface area contributed by atoms with Crippen molar-refractivity contribution in [2.24, 2.45) is 4.99 Å². The molecule has 0 radical (unpaired) electrons. The van der Waals surface area contributed by atoms with E-state index in [-0.39, 0.29) is 29.8 Å². The van der Waals surface area contributed by atoms with Crippen molar-refractivity contribution in [1.29, 1.82) is 0 Å². The Morgan fingerprint density at radius 3 is 2.43 bits per heavy atom. The van der Waals surface area contributed by atoms with E-state index in [9.17, 15) is 4.39 Å². The smallest absolute Gasteiger partial charge is 0.191 e. The van der Waals surface area contributed by atoms with Crippen LogP contribution in [0.4, 0.5) is 4.39 Å². The van der Waals surface area contributed by atoms with E-state index >= 15 is 0 Å². The Hall–Kier alpha value is -1.63. The highest BCUT2D eigenvalue weighted by Crippen LogP contribution is 2.05. The summed E-state index contributed by atoms with van der Waals surface area (Å²) in [4.78, 5) is 4.58. The Balaban J connectivity index is 0.00000264. The molecule has 0 atom stereocenters. The summed E-state index contributed by atoms with van der Waals surface area (Å²) in [5.41, 5.74) is 3.43. The molecule has 0 aromatic heterocycles. The quantitative estimate of drug-likeness (QED) is 0.430. The highest BCUT2D eigenvalue weighted by molar-refractivity contribution is 14.0. The van der Waals surface area contributed by atoms with Crippen LogP contribution in [0.15, 0.2) is 53.5 Å². The summed E-state index contributed by atoms with van der Waals surface area (Å²) < 4.78 is 12.9. The molecule has 0 fully saturated rings. The number of nitrogens with one attached hydrogen (secondary N) is 2. The average Bonchev–Trinajstić information content (AvgIpc) is 2.52. The molecule has 0 heterocycles. The van der Waals surface area contributed by atoms with Crippen LogP contribution in [0.25, 0.3) is 0 Å². The normalized spacial score (nSPS) is 10.8. The van der Waals surface area contributed by atoms with Gasteiger partial charge in [0.05, 0.1) is 6.54 Å². The zero-order chi connectivity index (χ0) is 15.8. The second kappa shape index (κ2) is 10.2. The van der Waals surface area contributed by atoms with Gasteiger partial charge in [0.1, 0.15) is 5.82 Å². The van der Waals surface area contributed by atoms with Gasteiger partial charge in [-0.2, -0.15) is 0 Å². The molecule has 5 heteroatoms. The molecule has 0 aliphatic heterocycles. The number of hydrogen-bond acceptors (Lipinski definition) is 1. The first-order valence-electron chi connectivity index (χ1n) is 7.49. The van der Waals surface area contributed by atoms with E-state index < -0.39 is 0 Å². The number of benzene rings is 2. The minimum Gasteiger partial charge on any atom is -0.357 e. The van der Waals surface area contributed by atoms with Gasteiger partial charge in [-0.25, -0.2) is 9.38 Å². The zero-order valence-corrected chi connectivity index (χ0v) is 15.8. The van der Waals surface area contributed by atoms with E-state index in [2.05, 4.69) is 40.7 Å². The maximum absolute atomic E-state index is 12.9. The fourth-order valence-corrected chi connectivity index (χ4v) is 2.11. The lowest BCUT2D eigenvalue weighted by Gasteiger charge is -2.11. The highest BCUT2D eigenvalue weighted by atomic mass is 127. The third-order valence-corrected chi connectivity index (χ3v) is 3.22. The van der Waals surface area contributed by atoms with Crippen molar-refractivity contribution in [3.63, 3.8) is 0 Å². The standard InChI is InChI=1S/C18H22FN3.HI/c1-3-20-18(21-12-15-7-9-17(19)10-8-15)22-13-16-6-4-5-14(2)11-16;/h4-11H,3,12-13H2,1-2H3,(H2,20,21,22);1H. The molecule has 124 valence electrons. The largest absolute Gasteiger partial charge is 0.357 e. The molecule has 0 unspecified atom stereocenters. The van der Waals surface area contributed by atoms with Crippen molar-refractivity contribution in [3.8, 4) is 0 Å². The minimum absolute atomic E-state index is 0. The number of halogens is 2. The van der Waals surface area contributed by atoms with E-state index in [1.165, 1.54) is 23.3 Å². The molecule has 3 nitrogen and oxygen atoms in total. The van der Waals surface area contributed by atoms with E-state index in [0.717, 1.165) is 18.1 Å². The van der Waals surface area contributed by atoms with Gasteiger partial charge < -0.3 is 10.6 Å². The number of rotatable bonds is 5. The monoisotopic (exact) mass is 427 g/mol. The van der Waals surface area contributed by atoms with Gasteiger partial charge in [0.2, 0.25) is 0 Å². The summed E-state index contributed by atoms with van der Waals surface area (Å²) >= 11 is 0. The van der Waals surface area contributed by atoms with Gasteiger partial charge in [0.15, 0.2) is 5.96 Å². The topological polar surface area (TPSA) is 36.4 Å². The van der Waals surface area contributed by atoms with E-state index in [1.54, 1.807) is 12.1 Å². The summed E-state index contributed by atoms with van der Waals surface area (Å²) in [6, 6.07) is 14.8. The Morgan fingerprint density at radius 2 is 1.78 bits per heavy atom. The van der Waals surface area contributed by atoms with Gasteiger partial charge in [-0.15, -0.1) is 24.0 Å². The molecule has 0 amide bonds. The number of aliphatic imine (C=N–C) groups is 1. The van der Waals surface area contributed by atoms with Crippen molar-refractivity contribution in [1.82, 2.24) is 10.6 Å². The molecule has 2 N–H and O–H groups in total. The van der Waals surface area contributed by atoms with Crippen LogP contribution >= 0.6 is 24.0 Å². The van der Waals surface area contributed by atoms with Crippen LogP contribution in [0.3, 0.4) is 0 Å². The summed E-state index contributed by atoms with van der Waals surface area (Å²) in [6.45, 7) is 6.14. The van der Waals surface area contributed by atoms with Gasteiger partial charge in [0.25, 0.3) is 0 Å². The molecule has 2 aromatic carbocycles. The van der Waals surface area contributed by atoms with Crippen LogP contribution in [0.2, 0.25) is 0 Å². The van der Waals surface area contributed by atoms with Gasteiger partial charge in [-0.05, 0) is 37.1 Å². The van der Waals surface area contributed by atoms with Gasteiger partial charge >= 0.3 is 0 Å². The van der Waals surface area contributed by atoms with Crippen molar-refractivity contribution in [2.75, 3.05) is 6.54 Å². The van der Waals surface area contributed by atoms with Crippen LogP contribution < -0.4 is 10.6 Å².